The summed E-state index contributed by atoms with van der Waals surface area (Å²) in [5.41, 5.74) is 5.53. The predicted octanol–water partition coefficient (Wildman–Crippen LogP) is 6.41. The van der Waals surface area contributed by atoms with Gasteiger partial charge in [0, 0.05) is 0 Å². The zero-order valence-electron chi connectivity index (χ0n) is 18.2. The van der Waals surface area contributed by atoms with Gasteiger partial charge in [0.25, 0.3) is 0 Å². The average molecular weight is 385 g/mol. The van der Waals surface area contributed by atoms with Crippen molar-refractivity contribution in [3.8, 4) is 0 Å². The molecule has 0 rings (SSSR count). The lowest BCUT2D eigenvalue weighted by atomic mass is 9.95. The fourth-order valence-corrected chi connectivity index (χ4v) is 3.78. The third-order valence-corrected chi connectivity index (χ3v) is 5.61. The molecule has 27 heavy (non-hydrogen) atoms. The van der Waals surface area contributed by atoms with Crippen molar-refractivity contribution >= 4 is 5.97 Å². The molecule has 0 aromatic heterocycles. The lowest BCUT2D eigenvalue weighted by Gasteiger charge is -2.13. The molecule has 162 valence electrons. The van der Waals surface area contributed by atoms with Gasteiger partial charge in [-0.25, -0.2) is 0 Å². The van der Waals surface area contributed by atoms with Crippen molar-refractivity contribution in [1.82, 2.24) is 0 Å². The highest BCUT2D eigenvalue weighted by Gasteiger charge is 2.18. The SMILES string of the molecule is CCCCCCCCCCCCCCCCCCC(CCCN)C(=O)ON. The van der Waals surface area contributed by atoms with Crippen LogP contribution in [0, 0.1) is 5.92 Å². The van der Waals surface area contributed by atoms with Gasteiger partial charge >= 0.3 is 5.97 Å². The normalized spacial score (nSPS) is 12.3. The largest absolute Gasteiger partial charge is 0.373 e. The first-order chi connectivity index (χ1) is 13.3. The van der Waals surface area contributed by atoms with E-state index in [1.54, 1.807) is 0 Å². The number of unbranched alkanes of at least 4 members (excludes halogenated alkanes) is 15. The predicted molar refractivity (Wildman–Crippen MR) is 116 cm³/mol. The Labute approximate surface area is 169 Å². The molecule has 0 amide bonds. The van der Waals surface area contributed by atoms with E-state index in [0.29, 0.717) is 6.54 Å². The summed E-state index contributed by atoms with van der Waals surface area (Å²) in [7, 11) is 0. The Morgan fingerprint density at radius 3 is 1.41 bits per heavy atom. The van der Waals surface area contributed by atoms with Crippen molar-refractivity contribution in [2.75, 3.05) is 6.54 Å². The zero-order chi connectivity index (χ0) is 20.0. The maximum Gasteiger partial charge on any atom is 0.327 e. The van der Waals surface area contributed by atoms with Crippen molar-refractivity contribution in [3.05, 3.63) is 0 Å². The number of nitrogens with two attached hydrogens (primary N) is 2. The summed E-state index contributed by atoms with van der Waals surface area (Å²) < 4.78 is 0. The van der Waals surface area contributed by atoms with Crippen LogP contribution in [0.15, 0.2) is 0 Å². The maximum atomic E-state index is 11.6. The van der Waals surface area contributed by atoms with Gasteiger partial charge in [-0.2, -0.15) is 5.90 Å². The van der Waals surface area contributed by atoms with Crippen LogP contribution in [0.1, 0.15) is 129 Å². The van der Waals surface area contributed by atoms with Gasteiger partial charge in [0.1, 0.15) is 0 Å². The lowest BCUT2D eigenvalue weighted by molar-refractivity contribution is -0.149. The average Bonchev–Trinajstić information content (AvgIpc) is 2.69. The fourth-order valence-electron chi connectivity index (χ4n) is 3.78. The number of hydrogen-bond acceptors (Lipinski definition) is 4. The minimum atomic E-state index is -0.274. The molecule has 4 heteroatoms. The highest BCUT2D eigenvalue weighted by Crippen LogP contribution is 2.18. The van der Waals surface area contributed by atoms with Crippen molar-refractivity contribution in [3.63, 3.8) is 0 Å². The fraction of sp³-hybridized carbons (Fsp3) is 0.957. The van der Waals surface area contributed by atoms with E-state index in [1.165, 1.54) is 96.3 Å². The molecular weight excluding hydrogens is 336 g/mol. The smallest absolute Gasteiger partial charge is 0.327 e. The summed E-state index contributed by atoms with van der Waals surface area (Å²) in [6.45, 7) is 2.90. The summed E-state index contributed by atoms with van der Waals surface area (Å²) in [4.78, 5) is 16.0. The van der Waals surface area contributed by atoms with Gasteiger partial charge in [0.05, 0.1) is 5.92 Å². The van der Waals surface area contributed by atoms with Crippen LogP contribution in [0.5, 0.6) is 0 Å². The van der Waals surface area contributed by atoms with E-state index in [0.717, 1.165) is 25.7 Å². The van der Waals surface area contributed by atoms with Crippen molar-refractivity contribution in [2.45, 2.75) is 129 Å². The van der Waals surface area contributed by atoms with E-state index in [9.17, 15) is 4.79 Å². The van der Waals surface area contributed by atoms with Crippen LogP contribution in [0.25, 0.3) is 0 Å². The Balaban J connectivity index is 3.31. The van der Waals surface area contributed by atoms with Gasteiger partial charge in [-0.05, 0) is 25.8 Å². The molecule has 0 aromatic carbocycles. The number of hydrogen-bond donors (Lipinski definition) is 2. The molecule has 0 aromatic rings. The highest BCUT2D eigenvalue weighted by molar-refractivity contribution is 5.71. The minimum absolute atomic E-state index is 0.0646. The van der Waals surface area contributed by atoms with E-state index in [2.05, 4.69) is 11.8 Å². The first-order valence-corrected chi connectivity index (χ1v) is 11.9. The van der Waals surface area contributed by atoms with Gasteiger partial charge in [-0.3, -0.25) is 4.79 Å². The third kappa shape index (κ3) is 18.5. The molecular formula is C23H48N2O2. The first kappa shape index (κ1) is 26.4. The number of carbonyl (C=O) groups is 1. The molecule has 0 fully saturated rings. The summed E-state index contributed by atoms with van der Waals surface area (Å²) in [6, 6.07) is 0. The number of carbonyl (C=O) groups excluding carboxylic acids is 1. The van der Waals surface area contributed by atoms with Crippen molar-refractivity contribution in [1.29, 1.82) is 0 Å². The summed E-state index contributed by atoms with van der Waals surface area (Å²) >= 11 is 0. The minimum Gasteiger partial charge on any atom is -0.373 e. The quantitative estimate of drug-likeness (QED) is 0.177. The Morgan fingerprint density at radius 1 is 0.667 bits per heavy atom. The van der Waals surface area contributed by atoms with E-state index in [1.807, 2.05) is 0 Å². The summed E-state index contributed by atoms with van der Waals surface area (Å²) in [5, 5.41) is 0. The second-order valence-electron chi connectivity index (χ2n) is 8.16. The summed E-state index contributed by atoms with van der Waals surface area (Å²) in [6.07, 6.45) is 24.4. The molecule has 0 radical (unpaired) electrons. The van der Waals surface area contributed by atoms with Crippen LogP contribution in [-0.4, -0.2) is 12.5 Å². The molecule has 0 heterocycles. The summed E-state index contributed by atoms with van der Waals surface area (Å²) in [5.74, 6) is 4.69. The third-order valence-electron chi connectivity index (χ3n) is 5.61. The van der Waals surface area contributed by atoms with E-state index in [-0.39, 0.29) is 11.9 Å². The van der Waals surface area contributed by atoms with E-state index in [4.69, 9.17) is 11.6 Å². The number of rotatable bonds is 21. The molecule has 0 saturated heterocycles. The van der Waals surface area contributed by atoms with Crippen molar-refractivity contribution in [2.24, 2.45) is 17.5 Å². The molecule has 4 N–H and O–H groups in total. The van der Waals surface area contributed by atoms with Crippen LogP contribution < -0.4 is 11.6 Å². The molecule has 4 nitrogen and oxygen atoms in total. The van der Waals surface area contributed by atoms with Crippen LogP contribution in [0.2, 0.25) is 0 Å². The van der Waals surface area contributed by atoms with Gasteiger partial charge in [-0.15, -0.1) is 0 Å². The Morgan fingerprint density at radius 2 is 1.04 bits per heavy atom. The monoisotopic (exact) mass is 384 g/mol. The topological polar surface area (TPSA) is 78.3 Å². The van der Waals surface area contributed by atoms with Gasteiger partial charge in [0.15, 0.2) is 0 Å². The van der Waals surface area contributed by atoms with E-state index < -0.39 is 0 Å². The Bertz CT molecular complexity index is 311. The molecule has 0 aliphatic rings. The van der Waals surface area contributed by atoms with Gasteiger partial charge in [-0.1, -0.05) is 110 Å². The van der Waals surface area contributed by atoms with Crippen LogP contribution in [-0.2, 0) is 9.63 Å². The Hall–Kier alpha value is -0.610. The van der Waals surface area contributed by atoms with Crippen LogP contribution >= 0.6 is 0 Å². The van der Waals surface area contributed by atoms with Crippen LogP contribution in [0.3, 0.4) is 0 Å². The lowest BCUT2D eigenvalue weighted by Crippen LogP contribution is -2.21. The molecule has 0 bridgehead atoms. The second-order valence-corrected chi connectivity index (χ2v) is 8.16. The molecule has 1 unspecified atom stereocenters. The Kier molecular flexibility index (Phi) is 21.2. The molecule has 1 atom stereocenters. The van der Waals surface area contributed by atoms with Crippen molar-refractivity contribution < 1.29 is 9.63 Å². The zero-order valence-corrected chi connectivity index (χ0v) is 18.2. The first-order valence-electron chi connectivity index (χ1n) is 11.9. The van der Waals surface area contributed by atoms with Gasteiger partial charge in [0.2, 0.25) is 0 Å². The molecule has 0 saturated carbocycles. The van der Waals surface area contributed by atoms with Gasteiger partial charge < -0.3 is 10.6 Å². The van der Waals surface area contributed by atoms with E-state index >= 15 is 0 Å². The second kappa shape index (κ2) is 21.7. The maximum absolute atomic E-state index is 11.6. The molecule has 0 aliphatic carbocycles. The standard InChI is InChI=1S/C23H48N2O2/c1-2-3-4-5-6-7-8-9-10-11-12-13-14-15-16-17-19-22(20-18-21-24)23(26)27-25/h22H,2-21,24-25H2,1H3. The van der Waals surface area contributed by atoms with Crippen LogP contribution in [0.4, 0.5) is 0 Å². The molecule has 0 aliphatic heterocycles. The highest BCUT2D eigenvalue weighted by atomic mass is 16.7. The molecule has 0 spiro atoms.